The Morgan fingerprint density at radius 1 is 1.67 bits per heavy atom. The molecule has 0 radical (unpaired) electrons. The summed E-state index contributed by atoms with van der Waals surface area (Å²) in [7, 11) is 0. The zero-order valence-electron chi connectivity index (χ0n) is 7.01. The summed E-state index contributed by atoms with van der Waals surface area (Å²) in [6, 6.07) is 0. The Hall–Kier alpha value is -0.0900. The molecular formula is C8H14BrNO2. The van der Waals surface area contributed by atoms with E-state index in [1.807, 2.05) is 0 Å². The first-order valence-electron chi connectivity index (χ1n) is 4.23. The van der Waals surface area contributed by atoms with Gasteiger partial charge in [-0.05, 0) is 18.8 Å². The zero-order valence-corrected chi connectivity index (χ0v) is 8.60. The van der Waals surface area contributed by atoms with Crippen molar-refractivity contribution >= 4 is 21.8 Å². The van der Waals surface area contributed by atoms with Gasteiger partial charge in [-0.25, -0.2) is 0 Å². The second kappa shape index (κ2) is 5.54. The largest absolute Gasteiger partial charge is 0.381 e. The number of rotatable bonds is 3. The minimum Gasteiger partial charge on any atom is -0.381 e. The SMILES string of the molecule is O=C(CBr)NCC1CCCOC1. The smallest absolute Gasteiger partial charge is 0.230 e. The molecule has 0 aliphatic carbocycles. The molecule has 4 heteroatoms. The van der Waals surface area contributed by atoms with E-state index in [-0.39, 0.29) is 5.91 Å². The predicted molar refractivity (Wildman–Crippen MR) is 50.3 cm³/mol. The van der Waals surface area contributed by atoms with E-state index in [4.69, 9.17) is 4.74 Å². The number of ether oxygens (including phenoxy) is 1. The van der Waals surface area contributed by atoms with Crippen molar-refractivity contribution in [3.05, 3.63) is 0 Å². The second-order valence-electron chi connectivity index (χ2n) is 3.02. The van der Waals surface area contributed by atoms with Gasteiger partial charge in [0.2, 0.25) is 5.91 Å². The number of alkyl halides is 1. The predicted octanol–water partition coefficient (Wildman–Crippen LogP) is 0.924. The van der Waals surface area contributed by atoms with E-state index in [1.165, 1.54) is 6.42 Å². The van der Waals surface area contributed by atoms with Gasteiger partial charge in [0.05, 0.1) is 11.9 Å². The highest BCUT2D eigenvalue weighted by Gasteiger charge is 2.13. The van der Waals surface area contributed by atoms with Crippen molar-refractivity contribution in [2.75, 3.05) is 25.1 Å². The molecule has 0 aromatic carbocycles. The minimum absolute atomic E-state index is 0.0561. The van der Waals surface area contributed by atoms with Crippen LogP contribution in [-0.4, -0.2) is 31.0 Å². The third kappa shape index (κ3) is 3.54. The molecule has 1 fully saturated rings. The van der Waals surface area contributed by atoms with Gasteiger partial charge in [0.1, 0.15) is 0 Å². The Morgan fingerprint density at radius 2 is 2.50 bits per heavy atom. The lowest BCUT2D eigenvalue weighted by molar-refractivity contribution is -0.118. The number of amides is 1. The van der Waals surface area contributed by atoms with E-state index in [0.717, 1.165) is 26.2 Å². The number of hydrogen-bond donors (Lipinski definition) is 1. The first kappa shape index (κ1) is 9.99. The van der Waals surface area contributed by atoms with Gasteiger partial charge in [-0.15, -0.1) is 0 Å². The Bertz CT molecular complexity index is 146. The molecule has 1 saturated heterocycles. The molecule has 0 aromatic rings. The molecule has 1 aliphatic heterocycles. The fourth-order valence-electron chi connectivity index (χ4n) is 1.27. The third-order valence-corrected chi connectivity index (χ3v) is 2.47. The highest BCUT2D eigenvalue weighted by Crippen LogP contribution is 2.11. The Morgan fingerprint density at radius 3 is 3.08 bits per heavy atom. The summed E-state index contributed by atoms with van der Waals surface area (Å²) in [6.07, 6.45) is 2.29. The third-order valence-electron chi connectivity index (χ3n) is 1.96. The average Bonchev–Trinajstić information content (AvgIpc) is 2.16. The number of carbonyl (C=O) groups is 1. The van der Waals surface area contributed by atoms with Crippen molar-refractivity contribution in [3.63, 3.8) is 0 Å². The van der Waals surface area contributed by atoms with Crippen LogP contribution in [0.4, 0.5) is 0 Å². The number of hydrogen-bond acceptors (Lipinski definition) is 2. The summed E-state index contributed by atoms with van der Waals surface area (Å²) in [5.41, 5.74) is 0. The van der Waals surface area contributed by atoms with Gasteiger partial charge in [0.25, 0.3) is 0 Å². The van der Waals surface area contributed by atoms with Gasteiger partial charge in [-0.1, -0.05) is 15.9 Å². The summed E-state index contributed by atoms with van der Waals surface area (Å²) in [4.78, 5) is 10.9. The Balaban J connectivity index is 2.09. The summed E-state index contributed by atoms with van der Waals surface area (Å²) >= 11 is 3.10. The van der Waals surface area contributed by atoms with Crippen molar-refractivity contribution in [1.29, 1.82) is 0 Å². The molecular weight excluding hydrogens is 222 g/mol. The molecule has 1 rings (SSSR count). The number of carbonyl (C=O) groups excluding carboxylic acids is 1. The zero-order chi connectivity index (χ0) is 8.81. The van der Waals surface area contributed by atoms with E-state index in [2.05, 4.69) is 21.2 Å². The maximum atomic E-state index is 10.9. The van der Waals surface area contributed by atoms with Crippen LogP contribution in [0, 0.1) is 5.92 Å². The van der Waals surface area contributed by atoms with Gasteiger partial charge in [0.15, 0.2) is 0 Å². The lowest BCUT2D eigenvalue weighted by Gasteiger charge is -2.21. The van der Waals surface area contributed by atoms with E-state index < -0.39 is 0 Å². The van der Waals surface area contributed by atoms with Crippen LogP contribution in [0.25, 0.3) is 0 Å². The quantitative estimate of drug-likeness (QED) is 0.740. The summed E-state index contributed by atoms with van der Waals surface area (Å²) in [6.45, 7) is 2.43. The van der Waals surface area contributed by atoms with Gasteiger partial charge < -0.3 is 10.1 Å². The Kier molecular flexibility index (Phi) is 4.61. The van der Waals surface area contributed by atoms with Gasteiger partial charge in [-0.2, -0.15) is 0 Å². The summed E-state index contributed by atoms with van der Waals surface area (Å²) in [5, 5.41) is 3.23. The minimum atomic E-state index is 0.0561. The Labute approximate surface area is 81.0 Å². The van der Waals surface area contributed by atoms with Crippen LogP contribution in [0.15, 0.2) is 0 Å². The van der Waals surface area contributed by atoms with Gasteiger partial charge >= 0.3 is 0 Å². The molecule has 1 atom stereocenters. The highest BCUT2D eigenvalue weighted by molar-refractivity contribution is 9.09. The standard InChI is InChI=1S/C8H14BrNO2/c9-4-8(11)10-5-7-2-1-3-12-6-7/h7H,1-6H2,(H,10,11). The van der Waals surface area contributed by atoms with Crippen LogP contribution in [0.3, 0.4) is 0 Å². The van der Waals surface area contributed by atoms with Crippen molar-refractivity contribution in [2.24, 2.45) is 5.92 Å². The van der Waals surface area contributed by atoms with Crippen LogP contribution in [0.5, 0.6) is 0 Å². The average molecular weight is 236 g/mol. The van der Waals surface area contributed by atoms with E-state index >= 15 is 0 Å². The molecule has 1 aliphatic rings. The van der Waals surface area contributed by atoms with Crippen molar-refractivity contribution in [3.8, 4) is 0 Å². The molecule has 1 heterocycles. The van der Waals surface area contributed by atoms with Crippen molar-refractivity contribution < 1.29 is 9.53 Å². The maximum absolute atomic E-state index is 10.9. The lowest BCUT2D eigenvalue weighted by Crippen LogP contribution is -2.33. The van der Waals surface area contributed by atoms with Crippen molar-refractivity contribution in [1.82, 2.24) is 5.32 Å². The molecule has 1 unspecified atom stereocenters. The fourth-order valence-corrected chi connectivity index (χ4v) is 1.47. The maximum Gasteiger partial charge on any atom is 0.230 e. The molecule has 1 amide bonds. The van der Waals surface area contributed by atoms with Gasteiger partial charge in [0, 0.05) is 13.2 Å². The lowest BCUT2D eigenvalue weighted by atomic mass is 10.0. The summed E-state index contributed by atoms with van der Waals surface area (Å²) < 4.78 is 5.28. The van der Waals surface area contributed by atoms with Crippen LogP contribution in [0.1, 0.15) is 12.8 Å². The molecule has 3 nitrogen and oxygen atoms in total. The highest BCUT2D eigenvalue weighted by atomic mass is 79.9. The van der Waals surface area contributed by atoms with Crippen molar-refractivity contribution in [2.45, 2.75) is 12.8 Å². The molecule has 0 saturated carbocycles. The van der Waals surface area contributed by atoms with Crippen LogP contribution < -0.4 is 5.32 Å². The monoisotopic (exact) mass is 235 g/mol. The first-order chi connectivity index (χ1) is 5.83. The van der Waals surface area contributed by atoms with Crippen LogP contribution >= 0.6 is 15.9 Å². The second-order valence-corrected chi connectivity index (χ2v) is 3.58. The van der Waals surface area contributed by atoms with Crippen LogP contribution in [0.2, 0.25) is 0 Å². The number of halogens is 1. The van der Waals surface area contributed by atoms with Crippen LogP contribution in [-0.2, 0) is 9.53 Å². The van der Waals surface area contributed by atoms with Gasteiger partial charge in [-0.3, -0.25) is 4.79 Å². The normalized spacial score (nSPS) is 23.6. The molecule has 70 valence electrons. The molecule has 0 bridgehead atoms. The molecule has 12 heavy (non-hydrogen) atoms. The molecule has 0 spiro atoms. The molecule has 0 aromatic heterocycles. The topological polar surface area (TPSA) is 38.3 Å². The van der Waals surface area contributed by atoms with E-state index in [0.29, 0.717) is 11.2 Å². The van der Waals surface area contributed by atoms with E-state index in [1.54, 1.807) is 0 Å². The fraction of sp³-hybridized carbons (Fsp3) is 0.875. The first-order valence-corrected chi connectivity index (χ1v) is 5.35. The molecule has 1 N–H and O–H groups in total. The summed E-state index contributed by atoms with van der Waals surface area (Å²) in [5.74, 6) is 0.572. The van der Waals surface area contributed by atoms with E-state index in [9.17, 15) is 4.79 Å². The number of nitrogens with one attached hydrogen (secondary N) is 1.